The number of aliphatic carboxylic acids is 1. The standard InChI is InChI=1S/C14H13F3N2O2/c15-14(16,17)11(6-18)8-19-7-10-4-2-1-3-9(10)5-12(19)13(20)21/h1-4,11-12H,5,7-8H2,(H,20,21)/t11?,12-/m0/s1. The monoisotopic (exact) mass is 298 g/mol. The Labute approximate surface area is 119 Å². The molecule has 0 bridgehead atoms. The van der Waals surface area contributed by atoms with E-state index in [2.05, 4.69) is 0 Å². The van der Waals surface area contributed by atoms with Crippen molar-refractivity contribution in [3.8, 4) is 6.07 Å². The van der Waals surface area contributed by atoms with Crippen LogP contribution < -0.4 is 0 Å². The Balaban J connectivity index is 2.25. The Morgan fingerprint density at radius 3 is 2.57 bits per heavy atom. The lowest BCUT2D eigenvalue weighted by Gasteiger charge is -2.35. The van der Waals surface area contributed by atoms with Gasteiger partial charge in [-0.3, -0.25) is 9.69 Å². The third kappa shape index (κ3) is 3.34. The van der Waals surface area contributed by atoms with Crippen molar-refractivity contribution in [1.82, 2.24) is 4.90 Å². The van der Waals surface area contributed by atoms with E-state index in [0.29, 0.717) is 0 Å². The van der Waals surface area contributed by atoms with Crippen molar-refractivity contribution in [2.75, 3.05) is 6.54 Å². The Kier molecular flexibility index (Phi) is 4.19. The molecule has 1 N–H and O–H groups in total. The van der Waals surface area contributed by atoms with Crippen LogP contribution in [0, 0.1) is 17.2 Å². The molecule has 1 aliphatic heterocycles. The van der Waals surface area contributed by atoms with Crippen LogP contribution in [0.25, 0.3) is 0 Å². The molecule has 0 aromatic heterocycles. The van der Waals surface area contributed by atoms with Crippen LogP contribution in [-0.2, 0) is 17.8 Å². The van der Waals surface area contributed by atoms with Crippen LogP contribution in [0.5, 0.6) is 0 Å². The van der Waals surface area contributed by atoms with Crippen molar-refractivity contribution < 1.29 is 23.1 Å². The van der Waals surface area contributed by atoms with Crippen molar-refractivity contribution >= 4 is 5.97 Å². The largest absolute Gasteiger partial charge is 0.480 e. The predicted octanol–water partition coefficient (Wildman–Crippen LogP) is 2.20. The van der Waals surface area contributed by atoms with E-state index in [-0.39, 0.29) is 13.0 Å². The van der Waals surface area contributed by atoms with Crippen LogP contribution in [0.15, 0.2) is 24.3 Å². The number of carboxylic acid groups (broad SMARTS) is 1. The number of nitriles is 1. The lowest BCUT2D eigenvalue weighted by Crippen LogP contribution is -2.49. The van der Waals surface area contributed by atoms with Crippen molar-refractivity contribution in [1.29, 1.82) is 5.26 Å². The Hall–Kier alpha value is -2.07. The first kappa shape index (κ1) is 15.3. The molecule has 2 rings (SSSR count). The number of benzene rings is 1. The first-order chi connectivity index (χ1) is 9.82. The number of rotatable bonds is 3. The Morgan fingerprint density at radius 1 is 1.43 bits per heavy atom. The third-order valence-electron chi connectivity index (χ3n) is 3.60. The molecule has 7 heteroatoms. The average Bonchev–Trinajstić information content (AvgIpc) is 2.42. The second kappa shape index (κ2) is 5.74. The van der Waals surface area contributed by atoms with Gasteiger partial charge in [0.25, 0.3) is 0 Å². The summed E-state index contributed by atoms with van der Waals surface area (Å²) >= 11 is 0. The molecular formula is C14H13F3N2O2. The number of alkyl halides is 3. The molecule has 0 fully saturated rings. The van der Waals surface area contributed by atoms with Gasteiger partial charge in [0.1, 0.15) is 6.04 Å². The maximum absolute atomic E-state index is 12.7. The summed E-state index contributed by atoms with van der Waals surface area (Å²) in [6.45, 7) is -0.535. The highest BCUT2D eigenvalue weighted by Gasteiger charge is 2.43. The first-order valence-corrected chi connectivity index (χ1v) is 6.33. The van der Waals surface area contributed by atoms with Crippen molar-refractivity contribution in [2.24, 2.45) is 5.92 Å². The van der Waals surface area contributed by atoms with Gasteiger partial charge >= 0.3 is 12.1 Å². The quantitative estimate of drug-likeness (QED) is 0.929. The maximum Gasteiger partial charge on any atom is 0.405 e. The fraction of sp³-hybridized carbons (Fsp3) is 0.429. The van der Waals surface area contributed by atoms with Gasteiger partial charge in [0.15, 0.2) is 5.92 Å². The number of fused-ring (bicyclic) bond motifs is 1. The van der Waals surface area contributed by atoms with Crippen LogP contribution in [0.2, 0.25) is 0 Å². The molecule has 4 nitrogen and oxygen atoms in total. The first-order valence-electron chi connectivity index (χ1n) is 6.33. The summed E-state index contributed by atoms with van der Waals surface area (Å²) in [5.41, 5.74) is 1.62. The molecule has 1 heterocycles. The number of carboxylic acids is 1. The summed E-state index contributed by atoms with van der Waals surface area (Å²) in [7, 11) is 0. The van der Waals surface area contributed by atoms with Gasteiger partial charge in [-0.15, -0.1) is 0 Å². The Morgan fingerprint density at radius 2 is 2.05 bits per heavy atom. The maximum atomic E-state index is 12.7. The van der Waals surface area contributed by atoms with Gasteiger partial charge in [0.05, 0.1) is 6.07 Å². The third-order valence-corrected chi connectivity index (χ3v) is 3.60. The zero-order valence-electron chi connectivity index (χ0n) is 11.0. The summed E-state index contributed by atoms with van der Waals surface area (Å²) < 4.78 is 38.1. The van der Waals surface area contributed by atoms with E-state index in [1.807, 2.05) is 0 Å². The summed E-state index contributed by atoms with van der Waals surface area (Å²) in [5, 5.41) is 17.9. The highest BCUT2D eigenvalue weighted by atomic mass is 19.4. The molecule has 1 aliphatic rings. The molecule has 1 aromatic rings. The van der Waals surface area contributed by atoms with Gasteiger partial charge in [-0.2, -0.15) is 18.4 Å². The van der Waals surface area contributed by atoms with E-state index >= 15 is 0 Å². The van der Waals surface area contributed by atoms with E-state index < -0.39 is 30.7 Å². The number of hydrogen-bond donors (Lipinski definition) is 1. The molecule has 112 valence electrons. The number of nitrogens with zero attached hydrogens (tertiary/aromatic N) is 2. The summed E-state index contributed by atoms with van der Waals surface area (Å²) in [6, 6.07) is 7.22. The van der Waals surface area contributed by atoms with Crippen LogP contribution in [0.1, 0.15) is 11.1 Å². The highest BCUT2D eigenvalue weighted by molar-refractivity contribution is 5.74. The van der Waals surface area contributed by atoms with Gasteiger partial charge in [-0.05, 0) is 17.5 Å². The molecule has 0 saturated carbocycles. The molecule has 0 radical (unpaired) electrons. The highest BCUT2D eigenvalue weighted by Crippen LogP contribution is 2.30. The van der Waals surface area contributed by atoms with Gasteiger partial charge in [-0.1, -0.05) is 24.3 Å². The molecule has 21 heavy (non-hydrogen) atoms. The minimum Gasteiger partial charge on any atom is -0.480 e. The smallest absolute Gasteiger partial charge is 0.405 e. The normalized spacial score (nSPS) is 20.4. The molecule has 2 atom stereocenters. The number of halogens is 3. The fourth-order valence-corrected chi connectivity index (χ4v) is 2.46. The lowest BCUT2D eigenvalue weighted by atomic mass is 9.93. The number of hydrogen-bond acceptors (Lipinski definition) is 3. The molecule has 0 spiro atoms. The van der Waals surface area contributed by atoms with E-state index in [1.165, 1.54) is 11.0 Å². The molecule has 0 aliphatic carbocycles. The zero-order chi connectivity index (χ0) is 15.6. The van der Waals surface area contributed by atoms with Crippen LogP contribution in [0.3, 0.4) is 0 Å². The fourth-order valence-electron chi connectivity index (χ4n) is 2.46. The van der Waals surface area contributed by atoms with Crippen molar-refractivity contribution in [3.63, 3.8) is 0 Å². The van der Waals surface area contributed by atoms with Gasteiger partial charge in [0, 0.05) is 13.1 Å². The van der Waals surface area contributed by atoms with Crippen LogP contribution in [-0.4, -0.2) is 34.7 Å². The minimum atomic E-state index is -4.66. The Bertz CT molecular complexity index is 580. The molecule has 0 saturated heterocycles. The number of carbonyl (C=O) groups is 1. The van der Waals surface area contributed by atoms with Crippen LogP contribution >= 0.6 is 0 Å². The second-order valence-corrected chi connectivity index (χ2v) is 4.98. The second-order valence-electron chi connectivity index (χ2n) is 4.98. The van der Waals surface area contributed by atoms with Crippen molar-refractivity contribution in [3.05, 3.63) is 35.4 Å². The summed E-state index contributed by atoms with van der Waals surface area (Å²) in [6.07, 6.45) is -4.52. The molecular weight excluding hydrogens is 285 g/mol. The minimum absolute atomic E-state index is 0.0986. The SMILES string of the molecule is N#CC(CN1Cc2ccccc2C[C@H]1C(=O)O)C(F)(F)F. The topological polar surface area (TPSA) is 64.3 Å². The average molecular weight is 298 g/mol. The summed E-state index contributed by atoms with van der Waals surface area (Å²) in [5.74, 6) is -3.37. The van der Waals surface area contributed by atoms with Crippen LogP contribution in [0.4, 0.5) is 13.2 Å². The lowest BCUT2D eigenvalue weighted by molar-refractivity contribution is -0.168. The molecule has 1 aromatic carbocycles. The van der Waals surface area contributed by atoms with Gasteiger partial charge in [0.2, 0.25) is 0 Å². The van der Waals surface area contributed by atoms with Crippen molar-refractivity contribution in [2.45, 2.75) is 25.2 Å². The summed E-state index contributed by atoms with van der Waals surface area (Å²) in [4.78, 5) is 12.5. The van der Waals surface area contributed by atoms with E-state index in [1.54, 1.807) is 24.3 Å². The van der Waals surface area contributed by atoms with E-state index in [0.717, 1.165) is 11.1 Å². The molecule has 0 amide bonds. The van der Waals surface area contributed by atoms with E-state index in [4.69, 9.17) is 5.26 Å². The van der Waals surface area contributed by atoms with E-state index in [9.17, 15) is 23.1 Å². The molecule has 1 unspecified atom stereocenters. The van der Waals surface area contributed by atoms with Gasteiger partial charge < -0.3 is 5.11 Å². The zero-order valence-corrected chi connectivity index (χ0v) is 11.0. The van der Waals surface area contributed by atoms with Gasteiger partial charge in [-0.25, -0.2) is 0 Å². The predicted molar refractivity (Wildman–Crippen MR) is 67.1 cm³/mol.